The second-order valence-electron chi connectivity index (χ2n) is 12.8. The lowest BCUT2D eigenvalue weighted by Crippen LogP contribution is -1.91. The molecule has 0 heteroatoms. The van der Waals surface area contributed by atoms with Crippen molar-refractivity contribution in [3.8, 4) is 33.4 Å². The molecule has 222 valence electrons. The lowest BCUT2D eigenvalue weighted by molar-refractivity contribution is 1.65. The Bertz CT molecular complexity index is 2820. The third-order valence-electron chi connectivity index (χ3n) is 10.2. The summed E-state index contributed by atoms with van der Waals surface area (Å²) in [6.07, 6.45) is 0. The highest BCUT2D eigenvalue weighted by Crippen LogP contribution is 2.45. The van der Waals surface area contributed by atoms with Crippen LogP contribution in [0.3, 0.4) is 0 Å². The predicted octanol–water partition coefficient (Wildman–Crippen LogP) is 13.6. The van der Waals surface area contributed by atoms with Gasteiger partial charge in [0.25, 0.3) is 0 Å². The molecule has 0 nitrogen and oxygen atoms in total. The van der Waals surface area contributed by atoms with Crippen molar-refractivity contribution in [3.05, 3.63) is 182 Å². The van der Waals surface area contributed by atoms with E-state index in [4.69, 9.17) is 0 Å². The standard InChI is InChI=1S/C48H30/c1-2-13-35-29-37(26-21-31(35)11-1)48-42-19-9-7-17-40(42)47(41-18-8-10-20-43(41)48)34-24-22-33(23-25-34)46-39-16-6-4-14-36(39)30-45-38-15-5-3-12-32(38)27-28-44(45)46/h1-30H. The smallest absolute Gasteiger partial charge is 0.00262 e. The monoisotopic (exact) mass is 606 g/mol. The molecule has 0 bridgehead atoms. The minimum atomic E-state index is 1.23. The molecule has 0 fully saturated rings. The summed E-state index contributed by atoms with van der Waals surface area (Å²) < 4.78 is 0. The highest BCUT2D eigenvalue weighted by molar-refractivity contribution is 6.23. The van der Waals surface area contributed by atoms with Crippen LogP contribution >= 0.6 is 0 Å². The van der Waals surface area contributed by atoms with Gasteiger partial charge in [-0.2, -0.15) is 0 Å². The van der Waals surface area contributed by atoms with Gasteiger partial charge in [0.1, 0.15) is 0 Å². The molecule has 0 radical (unpaired) electrons. The lowest BCUT2D eigenvalue weighted by atomic mass is 9.85. The number of benzene rings is 10. The molecule has 0 aliphatic heterocycles. The van der Waals surface area contributed by atoms with Gasteiger partial charge in [-0.1, -0.05) is 170 Å². The summed E-state index contributed by atoms with van der Waals surface area (Å²) in [5.74, 6) is 0. The normalized spacial score (nSPS) is 11.8. The van der Waals surface area contributed by atoms with Gasteiger partial charge in [0.15, 0.2) is 0 Å². The molecule has 0 aliphatic carbocycles. The van der Waals surface area contributed by atoms with Crippen LogP contribution in [0.25, 0.3) is 98.0 Å². The van der Waals surface area contributed by atoms with E-state index in [0.29, 0.717) is 0 Å². The fourth-order valence-corrected chi connectivity index (χ4v) is 8.03. The largest absolute Gasteiger partial charge is 0.0616 e. The maximum absolute atomic E-state index is 2.36. The molecule has 0 aliphatic rings. The van der Waals surface area contributed by atoms with Crippen molar-refractivity contribution in [1.29, 1.82) is 0 Å². The van der Waals surface area contributed by atoms with Gasteiger partial charge in [-0.25, -0.2) is 0 Å². The molecule has 0 heterocycles. The van der Waals surface area contributed by atoms with E-state index in [0.717, 1.165) is 0 Å². The van der Waals surface area contributed by atoms with Crippen molar-refractivity contribution >= 4 is 64.6 Å². The molecule has 10 rings (SSSR count). The van der Waals surface area contributed by atoms with Gasteiger partial charge >= 0.3 is 0 Å². The first-order chi connectivity index (χ1) is 23.8. The van der Waals surface area contributed by atoms with E-state index < -0.39 is 0 Å². The summed E-state index contributed by atoms with van der Waals surface area (Å²) in [5.41, 5.74) is 7.58. The third-order valence-corrected chi connectivity index (χ3v) is 10.2. The quantitative estimate of drug-likeness (QED) is 0.139. The molecule has 0 amide bonds. The van der Waals surface area contributed by atoms with Crippen LogP contribution in [-0.2, 0) is 0 Å². The predicted molar refractivity (Wildman–Crippen MR) is 208 cm³/mol. The van der Waals surface area contributed by atoms with E-state index in [-0.39, 0.29) is 0 Å². The number of fused-ring (bicyclic) bond motifs is 7. The molecule has 0 atom stereocenters. The van der Waals surface area contributed by atoms with E-state index in [9.17, 15) is 0 Å². The van der Waals surface area contributed by atoms with E-state index in [2.05, 4.69) is 182 Å². The van der Waals surface area contributed by atoms with Gasteiger partial charge in [-0.15, -0.1) is 0 Å². The van der Waals surface area contributed by atoms with E-state index in [1.54, 1.807) is 0 Å². The van der Waals surface area contributed by atoms with Crippen molar-refractivity contribution < 1.29 is 0 Å². The first-order valence-corrected chi connectivity index (χ1v) is 16.7. The minimum absolute atomic E-state index is 1.23. The van der Waals surface area contributed by atoms with Crippen molar-refractivity contribution in [1.82, 2.24) is 0 Å². The number of hydrogen-bond acceptors (Lipinski definition) is 0. The molecule has 48 heavy (non-hydrogen) atoms. The highest BCUT2D eigenvalue weighted by atomic mass is 14.2. The zero-order chi connectivity index (χ0) is 31.6. The molecule has 0 unspecified atom stereocenters. The van der Waals surface area contributed by atoms with E-state index in [1.807, 2.05) is 0 Å². The minimum Gasteiger partial charge on any atom is -0.0616 e. The average molecular weight is 607 g/mol. The van der Waals surface area contributed by atoms with Crippen molar-refractivity contribution in [2.75, 3.05) is 0 Å². The van der Waals surface area contributed by atoms with Gasteiger partial charge in [-0.3, -0.25) is 0 Å². The molecule has 0 N–H and O–H groups in total. The van der Waals surface area contributed by atoms with Gasteiger partial charge in [-0.05, 0) is 110 Å². The van der Waals surface area contributed by atoms with Crippen LogP contribution in [0.4, 0.5) is 0 Å². The van der Waals surface area contributed by atoms with Gasteiger partial charge < -0.3 is 0 Å². The first kappa shape index (κ1) is 26.9. The summed E-state index contributed by atoms with van der Waals surface area (Å²) >= 11 is 0. The van der Waals surface area contributed by atoms with E-state index in [1.165, 1.54) is 98.0 Å². The third kappa shape index (κ3) is 4.10. The molecule has 0 saturated carbocycles. The van der Waals surface area contributed by atoms with Crippen LogP contribution in [0.15, 0.2) is 182 Å². The number of hydrogen-bond donors (Lipinski definition) is 0. The fraction of sp³-hybridized carbons (Fsp3) is 0. The average Bonchev–Trinajstić information content (AvgIpc) is 3.16. The fourth-order valence-electron chi connectivity index (χ4n) is 8.03. The van der Waals surface area contributed by atoms with E-state index >= 15 is 0 Å². The van der Waals surface area contributed by atoms with Crippen molar-refractivity contribution in [3.63, 3.8) is 0 Å². The summed E-state index contributed by atoms with van der Waals surface area (Å²) in [6.45, 7) is 0. The summed E-state index contributed by atoms with van der Waals surface area (Å²) in [7, 11) is 0. The molecule has 0 spiro atoms. The van der Waals surface area contributed by atoms with Gasteiger partial charge in [0, 0.05) is 0 Å². The topological polar surface area (TPSA) is 0 Å². The molecular weight excluding hydrogens is 577 g/mol. The van der Waals surface area contributed by atoms with Crippen molar-refractivity contribution in [2.45, 2.75) is 0 Å². The lowest BCUT2D eigenvalue weighted by Gasteiger charge is -2.18. The van der Waals surface area contributed by atoms with Crippen molar-refractivity contribution in [2.24, 2.45) is 0 Å². The highest BCUT2D eigenvalue weighted by Gasteiger charge is 2.18. The summed E-state index contributed by atoms with van der Waals surface area (Å²) in [6, 6.07) is 67.1. The molecule has 10 aromatic rings. The molecular formula is C48H30. The number of rotatable bonds is 3. The zero-order valence-corrected chi connectivity index (χ0v) is 26.3. The van der Waals surface area contributed by atoms with Crippen LogP contribution < -0.4 is 0 Å². The summed E-state index contributed by atoms with van der Waals surface area (Å²) in [4.78, 5) is 0. The Morgan fingerprint density at radius 3 is 1.21 bits per heavy atom. The second-order valence-corrected chi connectivity index (χ2v) is 12.8. The second kappa shape index (κ2) is 10.7. The van der Waals surface area contributed by atoms with Crippen LogP contribution in [0.5, 0.6) is 0 Å². The Morgan fingerprint density at radius 2 is 0.583 bits per heavy atom. The van der Waals surface area contributed by atoms with Crippen LogP contribution in [0.1, 0.15) is 0 Å². The Morgan fingerprint density at radius 1 is 0.188 bits per heavy atom. The van der Waals surface area contributed by atoms with Crippen LogP contribution in [0.2, 0.25) is 0 Å². The maximum Gasteiger partial charge on any atom is -0.00262 e. The SMILES string of the molecule is c1ccc2cc(-c3c4ccccc4c(-c4ccc(-c5c6ccccc6cc6c5ccc5ccccc56)cc4)c4ccccc34)ccc2c1. The maximum atomic E-state index is 2.36. The Hall–Kier alpha value is -6.24. The molecule has 0 saturated heterocycles. The Kier molecular flexibility index (Phi) is 5.98. The van der Waals surface area contributed by atoms with Gasteiger partial charge in [0.05, 0.1) is 0 Å². The molecule has 0 aromatic heterocycles. The summed E-state index contributed by atoms with van der Waals surface area (Å²) in [5, 5.41) is 15.3. The zero-order valence-electron chi connectivity index (χ0n) is 26.3. The van der Waals surface area contributed by atoms with Crippen LogP contribution in [-0.4, -0.2) is 0 Å². The molecule has 10 aromatic carbocycles. The van der Waals surface area contributed by atoms with Gasteiger partial charge in [0.2, 0.25) is 0 Å². The van der Waals surface area contributed by atoms with Crippen LogP contribution in [0, 0.1) is 0 Å². The Balaban J connectivity index is 1.20. The first-order valence-electron chi connectivity index (χ1n) is 16.7. The Labute approximate surface area is 279 Å².